The molecule has 0 atom stereocenters. The highest BCUT2D eigenvalue weighted by Gasteiger charge is 2.19. The van der Waals surface area contributed by atoms with Gasteiger partial charge in [-0.05, 0) is 40.8 Å². The van der Waals surface area contributed by atoms with Gasteiger partial charge in [-0.2, -0.15) is 0 Å². The Hall–Kier alpha value is -1.32. The molecule has 0 saturated heterocycles. The molecular weight excluding hydrogens is 306 g/mol. The Morgan fingerprint density at radius 1 is 1.00 bits per heavy atom. The van der Waals surface area contributed by atoms with Gasteiger partial charge in [-0.1, -0.05) is 45.9 Å². The average molecular weight is 314 g/mol. The van der Waals surface area contributed by atoms with E-state index in [1.807, 2.05) is 6.20 Å². The van der Waals surface area contributed by atoms with Crippen LogP contribution in [-0.4, -0.2) is 4.98 Å². The summed E-state index contributed by atoms with van der Waals surface area (Å²) in [6.07, 6.45) is 1.89. The quantitative estimate of drug-likeness (QED) is 0.446. The van der Waals surface area contributed by atoms with E-state index in [-0.39, 0.29) is 0 Å². The minimum Gasteiger partial charge on any atom is -0.249 e. The highest BCUT2D eigenvalue weighted by atomic mass is 79.9. The van der Waals surface area contributed by atoms with Crippen LogP contribution in [0.2, 0.25) is 0 Å². The van der Waals surface area contributed by atoms with Crippen LogP contribution in [0.15, 0.2) is 63.1 Å². The summed E-state index contributed by atoms with van der Waals surface area (Å²) in [5.74, 6) is 0. The smallest absolute Gasteiger partial charge is 0.109 e. The lowest BCUT2D eigenvalue weighted by Gasteiger charge is -2.19. The first-order chi connectivity index (χ1) is 8.83. The van der Waals surface area contributed by atoms with Crippen molar-refractivity contribution in [2.24, 2.45) is 0 Å². The third-order valence-electron chi connectivity index (χ3n) is 3.19. The molecule has 86 valence electrons. The first-order valence-electron chi connectivity index (χ1n) is 5.68. The zero-order chi connectivity index (χ0) is 12.1. The molecule has 0 bridgehead atoms. The van der Waals surface area contributed by atoms with Gasteiger partial charge in [0, 0.05) is 21.0 Å². The van der Waals surface area contributed by atoms with Crippen LogP contribution in [0.4, 0.5) is 0 Å². The molecule has 0 spiro atoms. The molecule has 2 aromatic carbocycles. The van der Waals surface area contributed by atoms with Crippen molar-refractivity contribution >= 4 is 38.5 Å². The summed E-state index contributed by atoms with van der Waals surface area (Å²) in [7, 11) is 0. The van der Waals surface area contributed by atoms with Gasteiger partial charge < -0.3 is 0 Å². The van der Waals surface area contributed by atoms with Crippen molar-refractivity contribution in [2.75, 3.05) is 0 Å². The summed E-state index contributed by atoms with van der Waals surface area (Å²) in [5, 5.41) is 3.64. The normalized spacial score (nSPS) is 12.5. The van der Waals surface area contributed by atoms with Gasteiger partial charge in [0.2, 0.25) is 0 Å². The zero-order valence-corrected chi connectivity index (χ0v) is 11.8. The molecule has 0 fully saturated rings. The van der Waals surface area contributed by atoms with E-state index in [9.17, 15) is 0 Å². The van der Waals surface area contributed by atoms with Gasteiger partial charge in [0.1, 0.15) is 5.03 Å². The van der Waals surface area contributed by atoms with E-state index in [2.05, 4.69) is 63.4 Å². The Morgan fingerprint density at radius 3 is 2.89 bits per heavy atom. The number of rotatable bonds is 0. The Morgan fingerprint density at radius 2 is 1.94 bits per heavy atom. The number of fused-ring (bicyclic) bond motifs is 2. The highest BCUT2D eigenvalue weighted by molar-refractivity contribution is 9.10. The number of aromatic nitrogens is 1. The molecule has 1 aliphatic rings. The van der Waals surface area contributed by atoms with Crippen LogP contribution in [-0.2, 0) is 0 Å². The summed E-state index contributed by atoms with van der Waals surface area (Å²) in [6, 6.07) is 14.9. The number of halogens is 1. The summed E-state index contributed by atoms with van der Waals surface area (Å²) >= 11 is 5.31. The summed E-state index contributed by atoms with van der Waals surface area (Å²) in [6.45, 7) is 0. The maximum absolute atomic E-state index is 4.51. The molecule has 0 aliphatic carbocycles. The number of hydrogen-bond acceptors (Lipinski definition) is 2. The molecule has 1 aromatic heterocycles. The second-order valence-corrected chi connectivity index (χ2v) is 6.21. The SMILES string of the molecule is Brc1ccc2c(c1)-c1cccc3ccnc(c13)S2. The molecule has 3 aromatic rings. The predicted octanol–water partition coefficient (Wildman–Crippen LogP) is 5.13. The van der Waals surface area contributed by atoms with E-state index in [1.165, 1.54) is 26.8 Å². The molecule has 1 aliphatic heterocycles. The third-order valence-corrected chi connectivity index (χ3v) is 4.77. The van der Waals surface area contributed by atoms with E-state index in [0.717, 1.165) is 9.50 Å². The number of benzene rings is 2. The van der Waals surface area contributed by atoms with E-state index in [0.29, 0.717) is 0 Å². The molecule has 2 heterocycles. The van der Waals surface area contributed by atoms with E-state index in [4.69, 9.17) is 0 Å². The van der Waals surface area contributed by atoms with Crippen LogP contribution < -0.4 is 0 Å². The molecular formula is C15H8BrNS. The van der Waals surface area contributed by atoms with Crippen molar-refractivity contribution in [3.63, 3.8) is 0 Å². The first-order valence-corrected chi connectivity index (χ1v) is 7.29. The van der Waals surface area contributed by atoms with Gasteiger partial charge in [0.25, 0.3) is 0 Å². The average Bonchev–Trinajstić information content (AvgIpc) is 2.40. The predicted molar refractivity (Wildman–Crippen MR) is 79.0 cm³/mol. The van der Waals surface area contributed by atoms with E-state index in [1.54, 1.807) is 11.8 Å². The Bertz CT molecular complexity index is 777. The zero-order valence-electron chi connectivity index (χ0n) is 9.35. The van der Waals surface area contributed by atoms with Crippen molar-refractivity contribution in [1.82, 2.24) is 4.98 Å². The van der Waals surface area contributed by atoms with Crippen molar-refractivity contribution in [3.05, 3.63) is 53.1 Å². The summed E-state index contributed by atoms with van der Waals surface area (Å²) < 4.78 is 1.12. The van der Waals surface area contributed by atoms with Crippen LogP contribution in [0.25, 0.3) is 21.9 Å². The van der Waals surface area contributed by atoms with Crippen LogP contribution in [0.3, 0.4) is 0 Å². The van der Waals surface area contributed by atoms with Gasteiger partial charge in [0.15, 0.2) is 0 Å². The standard InChI is InChI=1S/C15H8BrNS/c16-10-4-5-13-12(8-10)11-3-1-2-9-6-7-17-15(18-13)14(9)11/h1-8H. The minimum absolute atomic E-state index is 1.11. The van der Waals surface area contributed by atoms with Crippen molar-refractivity contribution < 1.29 is 0 Å². The van der Waals surface area contributed by atoms with Crippen LogP contribution >= 0.6 is 27.7 Å². The fraction of sp³-hybridized carbons (Fsp3) is 0. The Kier molecular flexibility index (Phi) is 2.26. The third kappa shape index (κ3) is 1.44. The van der Waals surface area contributed by atoms with Gasteiger partial charge in [0.05, 0.1) is 0 Å². The lowest BCUT2D eigenvalue weighted by molar-refractivity contribution is 1.16. The number of pyridine rings is 1. The molecule has 0 saturated carbocycles. The second-order valence-electron chi connectivity index (χ2n) is 4.26. The molecule has 0 radical (unpaired) electrons. The number of nitrogens with zero attached hydrogens (tertiary/aromatic N) is 1. The maximum Gasteiger partial charge on any atom is 0.109 e. The molecule has 18 heavy (non-hydrogen) atoms. The molecule has 4 rings (SSSR count). The fourth-order valence-electron chi connectivity index (χ4n) is 2.41. The van der Waals surface area contributed by atoms with Crippen LogP contribution in [0.1, 0.15) is 0 Å². The lowest BCUT2D eigenvalue weighted by Crippen LogP contribution is -1.94. The summed E-state index contributed by atoms with van der Waals surface area (Å²) in [5.41, 5.74) is 2.58. The number of hydrogen-bond donors (Lipinski definition) is 0. The topological polar surface area (TPSA) is 12.9 Å². The fourth-order valence-corrected chi connectivity index (χ4v) is 3.83. The molecule has 3 heteroatoms. The van der Waals surface area contributed by atoms with Gasteiger partial charge in [-0.15, -0.1) is 0 Å². The maximum atomic E-state index is 4.51. The summed E-state index contributed by atoms with van der Waals surface area (Å²) in [4.78, 5) is 5.78. The van der Waals surface area contributed by atoms with Crippen LogP contribution in [0, 0.1) is 0 Å². The van der Waals surface area contributed by atoms with E-state index >= 15 is 0 Å². The van der Waals surface area contributed by atoms with Crippen LogP contribution in [0.5, 0.6) is 0 Å². The first kappa shape index (κ1) is 10.6. The largest absolute Gasteiger partial charge is 0.249 e. The molecule has 0 unspecified atom stereocenters. The van der Waals surface area contributed by atoms with E-state index < -0.39 is 0 Å². The highest BCUT2D eigenvalue weighted by Crippen LogP contribution is 2.47. The Labute approximate surface area is 117 Å². The van der Waals surface area contributed by atoms with Crippen molar-refractivity contribution in [2.45, 2.75) is 9.92 Å². The van der Waals surface area contributed by atoms with Gasteiger partial charge >= 0.3 is 0 Å². The van der Waals surface area contributed by atoms with Crippen molar-refractivity contribution in [3.8, 4) is 11.1 Å². The lowest BCUT2D eigenvalue weighted by atomic mass is 9.99. The molecule has 1 nitrogen and oxygen atoms in total. The minimum atomic E-state index is 1.11. The van der Waals surface area contributed by atoms with Gasteiger partial charge in [-0.25, -0.2) is 4.98 Å². The molecule has 0 N–H and O–H groups in total. The second kappa shape index (κ2) is 3.84. The molecule has 0 amide bonds. The van der Waals surface area contributed by atoms with Gasteiger partial charge in [-0.3, -0.25) is 0 Å². The Balaban J connectivity index is 2.18. The monoisotopic (exact) mass is 313 g/mol. The van der Waals surface area contributed by atoms with Crippen molar-refractivity contribution in [1.29, 1.82) is 0 Å².